The molecule has 0 heterocycles. The van der Waals surface area contributed by atoms with Crippen molar-refractivity contribution in [2.45, 2.75) is 39.5 Å². The molecular formula is C14H18F2O3S. The highest BCUT2D eigenvalue weighted by molar-refractivity contribution is 7.89. The van der Waals surface area contributed by atoms with Crippen molar-refractivity contribution in [2.75, 3.05) is 0 Å². The van der Waals surface area contributed by atoms with Crippen molar-refractivity contribution in [2.24, 2.45) is 0 Å². The Hall–Kier alpha value is -1.27. The molecule has 0 spiro atoms. The van der Waals surface area contributed by atoms with Crippen LogP contribution in [0.3, 0.4) is 0 Å². The Labute approximate surface area is 118 Å². The van der Waals surface area contributed by atoms with Gasteiger partial charge in [0.2, 0.25) is 0 Å². The third kappa shape index (κ3) is 2.76. The van der Waals surface area contributed by atoms with Gasteiger partial charge in [0.1, 0.15) is 4.91 Å². The van der Waals surface area contributed by atoms with Crippen LogP contribution >= 0.6 is 0 Å². The molecule has 0 aromatic carbocycles. The zero-order chi connectivity index (χ0) is 15.8. The Morgan fingerprint density at radius 1 is 1.20 bits per heavy atom. The SMILES string of the molecule is C=C(C)C1=C(C(=C)C)C(F)C(F)C(S(=O)(=O)O)=C1CC. The van der Waals surface area contributed by atoms with Crippen LogP contribution < -0.4 is 0 Å². The predicted octanol–water partition coefficient (Wildman–Crippen LogP) is 3.68. The van der Waals surface area contributed by atoms with E-state index in [9.17, 15) is 21.8 Å². The van der Waals surface area contributed by atoms with E-state index in [4.69, 9.17) is 0 Å². The van der Waals surface area contributed by atoms with Gasteiger partial charge in [-0.05, 0) is 37.0 Å². The minimum atomic E-state index is -4.83. The molecule has 1 rings (SSSR count). The van der Waals surface area contributed by atoms with E-state index < -0.39 is 27.4 Å². The van der Waals surface area contributed by atoms with Crippen molar-refractivity contribution in [1.82, 2.24) is 0 Å². The van der Waals surface area contributed by atoms with Gasteiger partial charge in [0.25, 0.3) is 10.1 Å². The zero-order valence-electron chi connectivity index (χ0n) is 11.7. The van der Waals surface area contributed by atoms with E-state index in [-0.39, 0.29) is 23.1 Å². The Morgan fingerprint density at radius 3 is 2.00 bits per heavy atom. The van der Waals surface area contributed by atoms with Gasteiger partial charge in [-0.3, -0.25) is 4.55 Å². The topological polar surface area (TPSA) is 54.4 Å². The molecule has 0 aromatic rings. The summed E-state index contributed by atoms with van der Waals surface area (Å²) in [4.78, 5) is -0.907. The maximum Gasteiger partial charge on any atom is 0.293 e. The molecule has 0 bridgehead atoms. The first-order chi connectivity index (χ1) is 9.03. The van der Waals surface area contributed by atoms with Crippen LogP contribution in [0.2, 0.25) is 0 Å². The molecule has 0 saturated heterocycles. The molecule has 0 aromatic heterocycles. The predicted molar refractivity (Wildman–Crippen MR) is 75.3 cm³/mol. The number of halogens is 2. The van der Waals surface area contributed by atoms with E-state index in [1.807, 2.05) is 0 Å². The monoisotopic (exact) mass is 304 g/mol. The summed E-state index contributed by atoms with van der Waals surface area (Å²) in [7, 11) is -4.83. The van der Waals surface area contributed by atoms with Gasteiger partial charge in [-0.25, -0.2) is 8.78 Å². The Bertz CT molecular complexity index is 627. The quantitative estimate of drug-likeness (QED) is 0.806. The van der Waals surface area contributed by atoms with Crippen LogP contribution in [0.4, 0.5) is 8.78 Å². The van der Waals surface area contributed by atoms with Crippen molar-refractivity contribution in [1.29, 1.82) is 0 Å². The minimum absolute atomic E-state index is 0.00856. The summed E-state index contributed by atoms with van der Waals surface area (Å²) in [5.41, 5.74) is 0.997. The van der Waals surface area contributed by atoms with Crippen LogP contribution in [0.1, 0.15) is 27.2 Å². The van der Waals surface area contributed by atoms with E-state index in [0.717, 1.165) is 0 Å². The highest BCUT2D eigenvalue weighted by Gasteiger charge is 2.42. The van der Waals surface area contributed by atoms with E-state index >= 15 is 0 Å². The summed E-state index contributed by atoms with van der Waals surface area (Å²) in [6.45, 7) is 12.0. The highest BCUT2D eigenvalue weighted by atomic mass is 32.2. The molecule has 3 nitrogen and oxygen atoms in total. The molecule has 6 heteroatoms. The van der Waals surface area contributed by atoms with E-state index in [1.165, 1.54) is 6.92 Å². The summed E-state index contributed by atoms with van der Waals surface area (Å²) in [6, 6.07) is 0. The summed E-state index contributed by atoms with van der Waals surface area (Å²) >= 11 is 0. The van der Waals surface area contributed by atoms with Gasteiger partial charge in [-0.2, -0.15) is 8.42 Å². The fraction of sp³-hybridized carbons (Fsp3) is 0.429. The number of hydrogen-bond acceptors (Lipinski definition) is 2. The van der Waals surface area contributed by atoms with Gasteiger partial charge in [-0.15, -0.1) is 0 Å². The Morgan fingerprint density at radius 2 is 1.70 bits per heavy atom. The lowest BCUT2D eigenvalue weighted by Gasteiger charge is -2.30. The molecule has 0 saturated carbocycles. The standard InChI is InChI=1S/C14H18F2O3S/c1-6-9-10(7(2)3)11(8(4)5)12(15)13(16)14(9)20(17,18)19/h12-13H,2,4,6H2,1,3,5H3,(H,17,18,19). The zero-order valence-corrected chi connectivity index (χ0v) is 12.5. The van der Waals surface area contributed by atoms with Crippen LogP contribution in [0.15, 0.2) is 45.9 Å². The maximum atomic E-state index is 14.2. The lowest BCUT2D eigenvalue weighted by molar-refractivity contribution is 0.227. The molecule has 0 aliphatic heterocycles. The molecule has 0 fully saturated rings. The van der Waals surface area contributed by atoms with Crippen LogP contribution in [0.25, 0.3) is 0 Å². The molecule has 0 radical (unpaired) electrons. The van der Waals surface area contributed by atoms with E-state index in [0.29, 0.717) is 11.1 Å². The minimum Gasteiger partial charge on any atom is -0.282 e. The summed E-state index contributed by atoms with van der Waals surface area (Å²) in [5.74, 6) is 0. The molecule has 2 atom stereocenters. The van der Waals surface area contributed by atoms with Crippen molar-refractivity contribution < 1.29 is 21.8 Å². The fourth-order valence-electron chi connectivity index (χ4n) is 2.45. The van der Waals surface area contributed by atoms with Gasteiger partial charge in [0.05, 0.1) is 0 Å². The van der Waals surface area contributed by atoms with Gasteiger partial charge in [-0.1, -0.05) is 31.2 Å². The molecule has 1 aliphatic rings. The first-order valence-corrected chi connectivity index (χ1v) is 7.52. The van der Waals surface area contributed by atoms with Crippen molar-refractivity contribution >= 4 is 10.1 Å². The highest BCUT2D eigenvalue weighted by Crippen LogP contribution is 2.42. The van der Waals surface area contributed by atoms with Crippen LogP contribution in [0, 0.1) is 0 Å². The van der Waals surface area contributed by atoms with Crippen molar-refractivity contribution in [3.63, 3.8) is 0 Å². The summed E-state index contributed by atoms with van der Waals surface area (Å²) < 4.78 is 60.3. The maximum absolute atomic E-state index is 14.2. The molecule has 1 aliphatic carbocycles. The average Bonchev–Trinajstić information content (AvgIpc) is 2.28. The summed E-state index contributed by atoms with van der Waals surface area (Å²) in [5, 5.41) is 0. The average molecular weight is 304 g/mol. The normalized spacial score (nSPS) is 24.1. The van der Waals surface area contributed by atoms with Crippen LogP contribution in [-0.2, 0) is 10.1 Å². The number of hydrogen-bond donors (Lipinski definition) is 1. The number of alkyl halides is 2. The summed E-state index contributed by atoms with van der Waals surface area (Å²) in [6.07, 6.45) is -4.50. The Kier molecular flexibility index (Phi) is 4.71. The second kappa shape index (κ2) is 5.61. The lowest BCUT2D eigenvalue weighted by atomic mass is 9.81. The van der Waals surface area contributed by atoms with Crippen LogP contribution in [-0.4, -0.2) is 25.3 Å². The molecular weight excluding hydrogens is 286 g/mol. The smallest absolute Gasteiger partial charge is 0.282 e. The molecule has 2 unspecified atom stereocenters. The van der Waals surface area contributed by atoms with Crippen molar-refractivity contribution in [3.8, 4) is 0 Å². The lowest BCUT2D eigenvalue weighted by Crippen LogP contribution is -2.33. The largest absolute Gasteiger partial charge is 0.293 e. The second-order valence-electron chi connectivity index (χ2n) is 4.82. The van der Waals surface area contributed by atoms with Gasteiger partial charge in [0.15, 0.2) is 12.3 Å². The molecule has 112 valence electrons. The Balaban J connectivity index is 3.87. The molecule has 20 heavy (non-hydrogen) atoms. The second-order valence-corrected chi connectivity index (χ2v) is 6.21. The number of rotatable bonds is 4. The molecule has 0 amide bonds. The van der Waals surface area contributed by atoms with Gasteiger partial charge in [0, 0.05) is 0 Å². The van der Waals surface area contributed by atoms with E-state index in [1.54, 1.807) is 13.8 Å². The van der Waals surface area contributed by atoms with Crippen molar-refractivity contribution in [3.05, 3.63) is 45.9 Å². The van der Waals surface area contributed by atoms with E-state index in [2.05, 4.69) is 13.2 Å². The third-order valence-electron chi connectivity index (χ3n) is 3.17. The van der Waals surface area contributed by atoms with Gasteiger partial charge >= 0.3 is 0 Å². The molecule has 1 N–H and O–H groups in total. The number of allylic oxidation sites excluding steroid dienone is 6. The fourth-order valence-corrected chi connectivity index (χ4v) is 3.42. The first kappa shape index (κ1) is 16.8. The first-order valence-electron chi connectivity index (χ1n) is 6.08. The third-order valence-corrected chi connectivity index (χ3v) is 4.20. The van der Waals surface area contributed by atoms with Gasteiger partial charge < -0.3 is 0 Å². The van der Waals surface area contributed by atoms with Crippen LogP contribution in [0.5, 0.6) is 0 Å².